The molecule has 2 aliphatic heterocycles. The fourth-order valence-electron chi connectivity index (χ4n) is 4.19. The van der Waals surface area contributed by atoms with Crippen molar-refractivity contribution in [2.45, 2.75) is 51.4 Å². The third kappa shape index (κ3) is 3.10. The van der Waals surface area contributed by atoms with Crippen LogP contribution in [-0.2, 0) is 6.54 Å². The molecule has 1 aromatic carbocycles. The molecule has 0 aliphatic carbocycles. The summed E-state index contributed by atoms with van der Waals surface area (Å²) in [5.74, 6) is 0. The van der Waals surface area contributed by atoms with Crippen molar-refractivity contribution in [2.75, 3.05) is 13.1 Å². The lowest BCUT2D eigenvalue weighted by Crippen LogP contribution is -2.54. The minimum Gasteiger partial charge on any atom is -0.298 e. The SMILES string of the molecule is CC(C)N1CC2CCC(C1)N2Cc1cccc(-c2ccsc2)c1. The topological polar surface area (TPSA) is 6.48 Å². The lowest BCUT2D eigenvalue weighted by Gasteiger charge is -2.43. The molecule has 2 bridgehead atoms. The summed E-state index contributed by atoms with van der Waals surface area (Å²) in [4.78, 5) is 5.44. The summed E-state index contributed by atoms with van der Waals surface area (Å²) in [5, 5.41) is 4.40. The van der Waals surface area contributed by atoms with E-state index in [4.69, 9.17) is 0 Å². The molecule has 0 radical (unpaired) electrons. The van der Waals surface area contributed by atoms with E-state index >= 15 is 0 Å². The second kappa shape index (κ2) is 6.39. The Kier molecular flexibility index (Phi) is 4.27. The van der Waals surface area contributed by atoms with Gasteiger partial charge in [0.2, 0.25) is 0 Å². The highest BCUT2D eigenvalue weighted by molar-refractivity contribution is 7.08. The zero-order chi connectivity index (χ0) is 15.8. The molecule has 2 atom stereocenters. The number of hydrogen-bond acceptors (Lipinski definition) is 3. The predicted molar refractivity (Wildman–Crippen MR) is 98.8 cm³/mol. The Hall–Kier alpha value is -1.16. The van der Waals surface area contributed by atoms with Gasteiger partial charge in [0.15, 0.2) is 0 Å². The van der Waals surface area contributed by atoms with E-state index in [2.05, 4.69) is 64.7 Å². The van der Waals surface area contributed by atoms with Crippen LogP contribution in [0.25, 0.3) is 11.1 Å². The fraction of sp³-hybridized carbons (Fsp3) is 0.500. The molecule has 2 saturated heterocycles. The Labute approximate surface area is 143 Å². The molecule has 122 valence electrons. The van der Waals surface area contributed by atoms with E-state index in [1.807, 2.05) is 0 Å². The first-order valence-electron chi connectivity index (χ1n) is 8.82. The van der Waals surface area contributed by atoms with Crippen molar-refractivity contribution >= 4 is 11.3 Å². The van der Waals surface area contributed by atoms with Crippen LogP contribution in [0.1, 0.15) is 32.3 Å². The third-order valence-corrected chi connectivity index (χ3v) is 6.22. The maximum Gasteiger partial charge on any atom is 0.0240 e. The lowest BCUT2D eigenvalue weighted by molar-refractivity contribution is 0.0442. The Morgan fingerprint density at radius 1 is 1.09 bits per heavy atom. The van der Waals surface area contributed by atoms with Gasteiger partial charge in [0.25, 0.3) is 0 Å². The van der Waals surface area contributed by atoms with Crippen LogP contribution >= 0.6 is 11.3 Å². The van der Waals surface area contributed by atoms with Gasteiger partial charge in [-0.25, -0.2) is 0 Å². The second-order valence-corrected chi connectivity index (χ2v) is 8.10. The van der Waals surface area contributed by atoms with Gasteiger partial charge in [-0.2, -0.15) is 11.3 Å². The van der Waals surface area contributed by atoms with Gasteiger partial charge in [0, 0.05) is 37.8 Å². The zero-order valence-electron chi connectivity index (χ0n) is 14.1. The molecule has 3 heteroatoms. The zero-order valence-corrected chi connectivity index (χ0v) is 14.9. The van der Waals surface area contributed by atoms with Gasteiger partial charge in [-0.05, 0) is 66.3 Å². The van der Waals surface area contributed by atoms with E-state index < -0.39 is 0 Å². The van der Waals surface area contributed by atoms with Gasteiger partial charge in [-0.3, -0.25) is 9.80 Å². The Morgan fingerprint density at radius 3 is 2.52 bits per heavy atom. The summed E-state index contributed by atoms with van der Waals surface area (Å²) in [6, 6.07) is 13.5. The third-order valence-electron chi connectivity index (χ3n) is 5.54. The standard InChI is InChI=1S/C20H26N2S/c1-15(2)21-12-19-6-7-20(13-21)22(19)11-16-4-3-5-17(10-16)18-8-9-23-14-18/h3-5,8-10,14-15,19-20H,6-7,11-13H2,1-2H3. The van der Waals surface area contributed by atoms with Crippen LogP contribution < -0.4 is 0 Å². The first-order valence-corrected chi connectivity index (χ1v) is 9.76. The van der Waals surface area contributed by atoms with Crippen LogP contribution in [0.15, 0.2) is 41.1 Å². The average Bonchev–Trinajstić information content (AvgIpc) is 3.14. The minimum absolute atomic E-state index is 0.683. The highest BCUT2D eigenvalue weighted by Gasteiger charge is 2.40. The Bertz CT molecular complexity index is 635. The fourth-order valence-corrected chi connectivity index (χ4v) is 4.86. The number of fused-ring (bicyclic) bond motifs is 2. The van der Waals surface area contributed by atoms with Gasteiger partial charge >= 0.3 is 0 Å². The van der Waals surface area contributed by atoms with Crippen LogP contribution in [0, 0.1) is 0 Å². The number of hydrogen-bond donors (Lipinski definition) is 0. The molecule has 3 heterocycles. The Balaban J connectivity index is 1.50. The first-order chi connectivity index (χ1) is 11.2. The number of rotatable bonds is 4. The molecule has 2 aliphatic rings. The number of likely N-dealkylation sites (tertiary alicyclic amines) is 1. The molecule has 0 amide bonds. The van der Waals surface area contributed by atoms with Crippen molar-refractivity contribution in [3.8, 4) is 11.1 Å². The number of thiophene rings is 1. The van der Waals surface area contributed by atoms with Crippen LogP contribution in [-0.4, -0.2) is 41.0 Å². The van der Waals surface area contributed by atoms with E-state index in [0.717, 1.165) is 18.6 Å². The molecule has 0 saturated carbocycles. The molecule has 2 nitrogen and oxygen atoms in total. The monoisotopic (exact) mass is 326 g/mol. The van der Waals surface area contributed by atoms with Crippen LogP contribution in [0.3, 0.4) is 0 Å². The summed E-state index contributed by atoms with van der Waals surface area (Å²) < 4.78 is 0. The molecule has 0 spiro atoms. The highest BCUT2D eigenvalue weighted by atomic mass is 32.1. The van der Waals surface area contributed by atoms with Crippen LogP contribution in [0.5, 0.6) is 0 Å². The minimum atomic E-state index is 0.683. The van der Waals surface area contributed by atoms with Gasteiger partial charge in [0.1, 0.15) is 0 Å². The molecule has 2 unspecified atom stereocenters. The predicted octanol–water partition coefficient (Wildman–Crippen LogP) is 4.47. The number of nitrogens with zero attached hydrogens (tertiary/aromatic N) is 2. The maximum atomic E-state index is 2.77. The van der Waals surface area contributed by atoms with Gasteiger partial charge < -0.3 is 0 Å². The largest absolute Gasteiger partial charge is 0.298 e. The molecule has 2 fully saturated rings. The first kappa shape index (κ1) is 15.4. The molecule has 4 rings (SSSR count). The van der Waals surface area contributed by atoms with Crippen molar-refractivity contribution in [1.82, 2.24) is 9.80 Å². The molecular weight excluding hydrogens is 300 g/mol. The number of piperazine rings is 1. The van der Waals surface area contributed by atoms with Gasteiger partial charge in [-0.1, -0.05) is 18.2 Å². The van der Waals surface area contributed by atoms with Crippen molar-refractivity contribution in [2.24, 2.45) is 0 Å². The summed E-state index contributed by atoms with van der Waals surface area (Å²) in [6.07, 6.45) is 2.75. The maximum absolute atomic E-state index is 2.77. The van der Waals surface area contributed by atoms with Crippen molar-refractivity contribution in [3.05, 3.63) is 46.7 Å². The van der Waals surface area contributed by atoms with E-state index in [0.29, 0.717) is 6.04 Å². The van der Waals surface area contributed by atoms with Crippen LogP contribution in [0.2, 0.25) is 0 Å². The van der Waals surface area contributed by atoms with E-state index in [1.165, 1.54) is 42.6 Å². The number of benzene rings is 1. The van der Waals surface area contributed by atoms with Crippen molar-refractivity contribution in [3.63, 3.8) is 0 Å². The molecule has 2 aromatic rings. The molecule has 0 N–H and O–H groups in total. The summed E-state index contributed by atoms with van der Waals surface area (Å²) in [6.45, 7) is 8.27. The summed E-state index contributed by atoms with van der Waals surface area (Å²) >= 11 is 1.77. The normalized spacial score (nSPS) is 25.3. The van der Waals surface area contributed by atoms with Gasteiger partial charge in [0.05, 0.1) is 0 Å². The van der Waals surface area contributed by atoms with E-state index in [-0.39, 0.29) is 0 Å². The van der Waals surface area contributed by atoms with E-state index in [9.17, 15) is 0 Å². The summed E-state index contributed by atoms with van der Waals surface area (Å²) in [5.41, 5.74) is 4.17. The van der Waals surface area contributed by atoms with Gasteiger partial charge in [-0.15, -0.1) is 0 Å². The van der Waals surface area contributed by atoms with Crippen molar-refractivity contribution < 1.29 is 0 Å². The lowest BCUT2D eigenvalue weighted by atomic mass is 10.0. The smallest absolute Gasteiger partial charge is 0.0240 e. The Morgan fingerprint density at radius 2 is 1.87 bits per heavy atom. The average molecular weight is 327 g/mol. The molecule has 23 heavy (non-hydrogen) atoms. The molecular formula is C20H26N2S. The summed E-state index contributed by atoms with van der Waals surface area (Å²) in [7, 11) is 0. The quantitative estimate of drug-likeness (QED) is 0.818. The molecule has 1 aromatic heterocycles. The highest BCUT2D eigenvalue weighted by Crippen LogP contribution is 2.33. The van der Waals surface area contributed by atoms with Crippen molar-refractivity contribution in [1.29, 1.82) is 0 Å². The van der Waals surface area contributed by atoms with Crippen LogP contribution in [0.4, 0.5) is 0 Å². The van der Waals surface area contributed by atoms with E-state index in [1.54, 1.807) is 11.3 Å². The second-order valence-electron chi connectivity index (χ2n) is 7.32.